The molecule has 2 aliphatic rings. The third-order valence-electron chi connectivity index (χ3n) is 4.96. The fourth-order valence-electron chi connectivity index (χ4n) is 3.54. The number of methoxy groups -OCH3 is 1. The van der Waals surface area contributed by atoms with Crippen molar-refractivity contribution in [1.29, 1.82) is 0 Å². The van der Waals surface area contributed by atoms with Crippen LogP contribution in [0, 0.1) is 0 Å². The number of ether oxygens (including phenoxy) is 1. The van der Waals surface area contributed by atoms with Gasteiger partial charge in [-0.15, -0.1) is 0 Å². The van der Waals surface area contributed by atoms with Crippen LogP contribution in [0.3, 0.4) is 0 Å². The molecule has 1 unspecified atom stereocenters. The average Bonchev–Trinajstić information content (AvgIpc) is 3.06. The number of halogens is 2. The van der Waals surface area contributed by atoms with E-state index in [1.165, 1.54) is 16.4 Å². The first kappa shape index (κ1) is 18.4. The van der Waals surface area contributed by atoms with Gasteiger partial charge >= 0.3 is 0 Å². The van der Waals surface area contributed by atoms with Gasteiger partial charge in [-0.3, -0.25) is 4.90 Å². The van der Waals surface area contributed by atoms with Crippen LogP contribution in [0.1, 0.15) is 19.3 Å². The third-order valence-corrected chi connectivity index (χ3v) is 7.58. The summed E-state index contributed by atoms with van der Waals surface area (Å²) in [5, 5.41) is 0.583. The Bertz CT molecular complexity index is 691. The Morgan fingerprint density at radius 3 is 2.46 bits per heavy atom. The maximum atomic E-state index is 12.8. The van der Waals surface area contributed by atoms with Crippen molar-refractivity contribution in [1.82, 2.24) is 9.21 Å². The molecule has 1 aromatic carbocycles. The molecule has 2 aliphatic heterocycles. The van der Waals surface area contributed by atoms with Gasteiger partial charge in [-0.25, -0.2) is 8.42 Å². The lowest BCUT2D eigenvalue weighted by atomic mass is 10.1. The van der Waals surface area contributed by atoms with Crippen molar-refractivity contribution in [3.8, 4) is 0 Å². The second-order valence-corrected chi connectivity index (χ2v) is 9.10. The van der Waals surface area contributed by atoms with Crippen molar-refractivity contribution in [2.45, 2.75) is 36.3 Å². The smallest absolute Gasteiger partial charge is 0.244 e. The maximum Gasteiger partial charge on any atom is 0.244 e. The lowest BCUT2D eigenvalue weighted by molar-refractivity contribution is 0.0925. The van der Waals surface area contributed by atoms with Gasteiger partial charge in [0, 0.05) is 44.4 Å². The molecular weight excluding hydrogens is 371 g/mol. The lowest BCUT2D eigenvalue weighted by Crippen LogP contribution is -2.46. The first-order valence-corrected chi connectivity index (χ1v) is 10.3. The minimum atomic E-state index is -3.60. The largest absolute Gasteiger partial charge is 0.380 e. The summed E-state index contributed by atoms with van der Waals surface area (Å²) >= 11 is 12.0. The molecule has 0 N–H and O–H groups in total. The molecule has 0 saturated carbocycles. The van der Waals surface area contributed by atoms with E-state index in [0.717, 1.165) is 32.4 Å². The van der Waals surface area contributed by atoms with Crippen molar-refractivity contribution >= 4 is 33.2 Å². The molecule has 0 aromatic heterocycles. The van der Waals surface area contributed by atoms with Gasteiger partial charge in [0.15, 0.2) is 0 Å². The molecule has 0 spiro atoms. The summed E-state index contributed by atoms with van der Waals surface area (Å²) in [4.78, 5) is 2.51. The summed E-state index contributed by atoms with van der Waals surface area (Å²) in [6.45, 7) is 2.97. The summed E-state index contributed by atoms with van der Waals surface area (Å²) < 4.78 is 32.6. The van der Waals surface area contributed by atoms with Gasteiger partial charge in [-0.2, -0.15) is 4.31 Å². The molecule has 8 heteroatoms. The number of sulfonamides is 1. The molecule has 24 heavy (non-hydrogen) atoms. The van der Waals surface area contributed by atoms with Crippen LogP contribution in [0.5, 0.6) is 0 Å². The van der Waals surface area contributed by atoms with Crippen molar-refractivity contribution in [3.63, 3.8) is 0 Å². The highest BCUT2D eigenvalue weighted by molar-refractivity contribution is 7.89. The van der Waals surface area contributed by atoms with Gasteiger partial charge in [-0.1, -0.05) is 23.2 Å². The summed E-state index contributed by atoms with van der Waals surface area (Å²) in [5.41, 5.74) is 0. The standard InChI is InChI=1S/C16H22Cl2N2O3S/c1-23-14-6-7-19(11-14)13-4-8-20(9-5-13)24(21,22)16-10-12(17)2-3-15(16)18/h2-3,10,13-14H,4-9,11H2,1H3. The first-order valence-electron chi connectivity index (χ1n) is 8.14. The van der Waals surface area contributed by atoms with E-state index in [4.69, 9.17) is 27.9 Å². The quantitative estimate of drug-likeness (QED) is 0.790. The summed E-state index contributed by atoms with van der Waals surface area (Å²) in [6, 6.07) is 4.97. The predicted octanol–water partition coefficient (Wildman–Crippen LogP) is 2.87. The molecule has 2 heterocycles. The number of nitrogens with zero attached hydrogens (tertiary/aromatic N) is 2. The van der Waals surface area contributed by atoms with Gasteiger partial charge in [0.1, 0.15) is 4.90 Å². The second-order valence-electron chi connectivity index (χ2n) is 6.35. The second kappa shape index (κ2) is 7.48. The first-order chi connectivity index (χ1) is 11.4. The van der Waals surface area contributed by atoms with Gasteiger partial charge in [-0.05, 0) is 37.5 Å². The molecule has 0 amide bonds. The summed E-state index contributed by atoms with van der Waals surface area (Å²) in [5.74, 6) is 0. The molecule has 0 radical (unpaired) electrons. The van der Waals surface area contributed by atoms with Gasteiger partial charge in [0.2, 0.25) is 10.0 Å². The third kappa shape index (κ3) is 3.74. The highest BCUT2D eigenvalue weighted by Crippen LogP contribution is 2.30. The Labute approximate surface area is 153 Å². The number of likely N-dealkylation sites (tertiary alicyclic amines) is 1. The Hall–Kier alpha value is -0.370. The highest BCUT2D eigenvalue weighted by atomic mass is 35.5. The van der Waals surface area contributed by atoms with Crippen LogP contribution in [-0.4, -0.2) is 63.1 Å². The molecule has 0 bridgehead atoms. The molecule has 134 valence electrons. The number of piperidine rings is 1. The SMILES string of the molecule is COC1CCN(C2CCN(S(=O)(=O)c3cc(Cl)ccc3Cl)CC2)C1. The molecule has 1 atom stereocenters. The summed E-state index contributed by atoms with van der Waals surface area (Å²) in [6.07, 6.45) is 3.01. The molecule has 1 aromatic rings. The van der Waals surface area contributed by atoms with Crippen molar-refractivity contribution in [2.24, 2.45) is 0 Å². The zero-order chi connectivity index (χ0) is 17.3. The van der Waals surface area contributed by atoms with Crippen molar-refractivity contribution in [3.05, 3.63) is 28.2 Å². The van der Waals surface area contributed by atoms with Gasteiger partial charge in [0.25, 0.3) is 0 Å². The Morgan fingerprint density at radius 2 is 1.83 bits per heavy atom. The van der Waals surface area contributed by atoms with Crippen LogP contribution >= 0.6 is 23.2 Å². The van der Waals surface area contributed by atoms with E-state index in [0.29, 0.717) is 30.3 Å². The average molecular weight is 393 g/mol. The zero-order valence-electron chi connectivity index (χ0n) is 13.6. The molecule has 2 fully saturated rings. The fourth-order valence-corrected chi connectivity index (χ4v) is 5.75. The van der Waals surface area contributed by atoms with E-state index in [9.17, 15) is 8.42 Å². The van der Waals surface area contributed by atoms with E-state index >= 15 is 0 Å². The van der Waals surface area contributed by atoms with Gasteiger partial charge in [0.05, 0.1) is 11.1 Å². The van der Waals surface area contributed by atoms with E-state index in [2.05, 4.69) is 4.90 Å². The number of benzene rings is 1. The monoisotopic (exact) mass is 392 g/mol. The number of rotatable bonds is 4. The Morgan fingerprint density at radius 1 is 1.12 bits per heavy atom. The van der Waals surface area contributed by atoms with Crippen LogP contribution in [0.25, 0.3) is 0 Å². The Balaban J connectivity index is 1.67. The minimum absolute atomic E-state index is 0.0933. The van der Waals surface area contributed by atoms with Crippen LogP contribution in [0.4, 0.5) is 0 Å². The summed E-state index contributed by atoms with van der Waals surface area (Å²) in [7, 11) is -1.86. The van der Waals surface area contributed by atoms with Crippen LogP contribution < -0.4 is 0 Å². The molecule has 0 aliphatic carbocycles. The minimum Gasteiger partial charge on any atom is -0.380 e. The number of hydrogen-bond donors (Lipinski definition) is 0. The topological polar surface area (TPSA) is 49.9 Å². The molecule has 3 rings (SSSR count). The van der Waals surface area contributed by atoms with E-state index < -0.39 is 10.0 Å². The van der Waals surface area contributed by atoms with Crippen molar-refractivity contribution in [2.75, 3.05) is 33.3 Å². The molecule has 5 nitrogen and oxygen atoms in total. The normalized spacial score (nSPS) is 24.5. The maximum absolute atomic E-state index is 12.8. The molecular formula is C16H22Cl2N2O3S. The van der Waals surface area contributed by atoms with Crippen LogP contribution in [0.2, 0.25) is 10.0 Å². The fraction of sp³-hybridized carbons (Fsp3) is 0.625. The van der Waals surface area contributed by atoms with E-state index in [1.54, 1.807) is 13.2 Å². The van der Waals surface area contributed by atoms with Crippen LogP contribution in [0.15, 0.2) is 23.1 Å². The van der Waals surface area contributed by atoms with E-state index in [-0.39, 0.29) is 9.92 Å². The molecule has 2 saturated heterocycles. The van der Waals surface area contributed by atoms with E-state index in [1.807, 2.05) is 0 Å². The van der Waals surface area contributed by atoms with Crippen LogP contribution in [-0.2, 0) is 14.8 Å². The van der Waals surface area contributed by atoms with Gasteiger partial charge < -0.3 is 4.74 Å². The lowest BCUT2D eigenvalue weighted by Gasteiger charge is -2.36. The number of hydrogen-bond acceptors (Lipinski definition) is 4. The highest BCUT2D eigenvalue weighted by Gasteiger charge is 2.35. The Kier molecular flexibility index (Phi) is 5.74. The zero-order valence-corrected chi connectivity index (χ0v) is 15.9. The predicted molar refractivity (Wildman–Crippen MR) is 95.2 cm³/mol. The van der Waals surface area contributed by atoms with Crippen molar-refractivity contribution < 1.29 is 13.2 Å².